The van der Waals surface area contributed by atoms with Gasteiger partial charge in [-0.25, -0.2) is 4.18 Å². The number of hydrogen-bond donors (Lipinski definition) is 1. The lowest BCUT2D eigenvalue weighted by atomic mass is 10.0. The molecule has 0 aliphatic rings. The van der Waals surface area contributed by atoms with Crippen LogP contribution in [0, 0.1) is 6.92 Å². The number of aryl methyl sites for hydroxylation is 1. The molecule has 0 radical (unpaired) electrons. The standard InChI is InChI=1S/C23H23F3N2O5S/c1-3-4-11-32-20-17-10-7-15(22(27)29)12-19(17)28-13-18(20)21(23(24,25)26)33-34(30,31)16-8-5-14(2)6-9-16/h5-10,12-13,21H,3-4,11H2,1-2H3,(H2,27,29). The van der Waals surface area contributed by atoms with Crippen LogP contribution in [0.3, 0.4) is 0 Å². The molecule has 0 saturated carbocycles. The molecule has 182 valence electrons. The average Bonchev–Trinajstić information content (AvgIpc) is 2.77. The Morgan fingerprint density at radius 2 is 1.82 bits per heavy atom. The number of alkyl halides is 3. The third-order valence-corrected chi connectivity index (χ3v) is 6.28. The number of hydrogen-bond acceptors (Lipinski definition) is 6. The number of pyridine rings is 1. The van der Waals surface area contributed by atoms with E-state index in [0.717, 1.165) is 11.8 Å². The van der Waals surface area contributed by atoms with E-state index in [1.54, 1.807) is 6.92 Å². The first kappa shape index (κ1) is 25.4. The van der Waals surface area contributed by atoms with Crippen molar-refractivity contribution in [2.45, 2.75) is 43.9 Å². The number of fused-ring (bicyclic) bond motifs is 1. The number of amides is 1. The third kappa shape index (κ3) is 5.65. The Balaban J connectivity index is 2.15. The molecule has 34 heavy (non-hydrogen) atoms. The van der Waals surface area contributed by atoms with E-state index in [-0.39, 0.29) is 28.8 Å². The Labute approximate surface area is 194 Å². The van der Waals surface area contributed by atoms with Crippen LogP contribution in [0.1, 0.15) is 47.4 Å². The summed E-state index contributed by atoms with van der Waals surface area (Å²) < 4.78 is 78.1. The topological polar surface area (TPSA) is 109 Å². The predicted molar refractivity (Wildman–Crippen MR) is 119 cm³/mol. The van der Waals surface area contributed by atoms with Crippen LogP contribution in [0.15, 0.2) is 53.6 Å². The highest BCUT2D eigenvalue weighted by molar-refractivity contribution is 7.86. The van der Waals surface area contributed by atoms with E-state index in [1.807, 2.05) is 6.92 Å². The number of rotatable bonds is 9. The number of nitrogens with two attached hydrogens (primary N) is 1. The van der Waals surface area contributed by atoms with E-state index < -0.39 is 38.8 Å². The minimum Gasteiger partial charge on any atom is -0.492 e. The zero-order valence-electron chi connectivity index (χ0n) is 18.4. The molecule has 1 heterocycles. The average molecular weight is 497 g/mol. The number of halogens is 3. The lowest BCUT2D eigenvalue weighted by molar-refractivity contribution is -0.197. The van der Waals surface area contributed by atoms with Crippen molar-refractivity contribution in [1.29, 1.82) is 0 Å². The highest BCUT2D eigenvalue weighted by atomic mass is 32.2. The number of ether oxygens (including phenoxy) is 1. The fourth-order valence-electron chi connectivity index (χ4n) is 3.17. The molecule has 7 nitrogen and oxygen atoms in total. The molecule has 0 fully saturated rings. The molecule has 3 aromatic rings. The Hall–Kier alpha value is -3.18. The maximum Gasteiger partial charge on any atom is 0.420 e. The fourth-order valence-corrected chi connectivity index (χ4v) is 4.22. The van der Waals surface area contributed by atoms with Crippen molar-refractivity contribution in [2.24, 2.45) is 5.73 Å². The van der Waals surface area contributed by atoms with Gasteiger partial charge < -0.3 is 10.5 Å². The third-order valence-electron chi connectivity index (χ3n) is 4.99. The van der Waals surface area contributed by atoms with Crippen molar-refractivity contribution in [1.82, 2.24) is 4.98 Å². The molecular weight excluding hydrogens is 473 g/mol. The molecular formula is C23H23F3N2O5S. The molecule has 2 N–H and O–H groups in total. The minimum atomic E-state index is -5.11. The number of benzene rings is 2. The van der Waals surface area contributed by atoms with Crippen molar-refractivity contribution in [3.63, 3.8) is 0 Å². The summed E-state index contributed by atoms with van der Waals surface area (Å²) in [7, 11) is -4.79. The summed E-state index contributed by atoms with van der Waals surface area (Å²) in [6.07, 6.45) is -5.88. The second-order valence-corrected chi connectivity index (χ2v) is 9.20. The monoisotopic (exact) mass is 496 g/mol. The van der Waals surface area contributed by atoms with E-state index in [1.165, 1.54) is 42.5 Å². The summed E-state index contributed by atoms with van der Waals surface area (Å²) in [5.41, 5.74) is 5.68. The Morgan fingerprint density at radius 3 is 2.41 bits per heavy atom. The van der Waals surface area contributed by atoms with E-state index >= 15 is 0 Å². The van der Waals surface area contributed by atoms with E-state index in [2.05, 4.69) is 4.98 Å². The molecule has 0 saturated heterocycles. The van der Waals surface area contributed by atoms with Gasteiger partial charge in [0.1, 0.15) is 5.75 Å². The van der Waals surface area contributed by atoms with Gasteiger partial charge in [-0.1, -0.05) is 31.0 Å². The molecule has 0 aliphatic carbocycles. The fraction of sp³-hybridized carbons (Fsp3) is 0.304. The zero-order chi connectivity index (χ0) is 25.1. The van der Waals surface area contributed by atoms with Gasteiger partial charge in [0, 0.05) is 17.1 Å². The number of primary amides is 1. The number of unbranched alkanes of at least 4 members (excludes halogenated alkanes) is 1. The second kappa shape index (κ2) is 9.98. The van der Waals surface area contributed by atoms with Crippen molar-refractivity contribution in [3.8, 4) is 5.75 Å². The zero-order valence-corrected chi connectivity index (χ0v) is 19.2. The SMILES string of the molecule is CCCCOc1c(C(OS(=O)(=O)c2ccc(C)cc2)C(F)(F)F)cnc2cc(C(N)=O)ccc12. The molecule has 0 spiro atoms. The molecule has 0 aliphatic heterocycles. The molecule has 1 amide bonds. The normalized spacial score (nSPS) is 13.1. The summed E-state index contributed by atoms with van der Waals surface area (Å²) in [5, 5.41) is 0.157. The summed E-state index contributed by atoms with van der Waals surface area (Å²) in [4.78, 5) is 15.1. The number of carbonyl (C=O) groups excluding carboxylic acids is 1. The van der Waals surface area contributed by atoms with Gasteiger partial charge in [-0.15, -0.1) is 0 Å². The first-order valence-corrected chi connectivity index (χ1v) is 11.8. The van der Waals surface area contributed by atoms with E-state index in [4.69, 9.17) is 14.7 Å². The quantitative estimate of drug-likeness (QED) is 0.336. The van der Waals surface area contributed by atoms with Crippen LogP contribution in [0.5, 0.6) is 5.75 Å². The Kier molecular flexibility index (Phi) is 7.47. The van der Waals surface area contributed by atoms with Crippen LogP contribution in [-0.2, 0) is 14.3 Å². The van der Waals surface area contributed by atoms with Gasteiger partial charge in [0.2, 0.25) is 12.0 Å². The minimum absolute atomic E-state index is 0.0788. The smallest absolute Gasteiger partial charge is 0.420 e. The molecule has 1 aromatic heterocycles. The molecule has 0 bridgehead atoms. The lowest BCUT2D eigenvalue weighted by Gasteiger charge is -2.23. The van der Waals surface area contributed by atoms with Gasteiger partial charge in [0.15, 0.2) is 0 Å². The predicted octanol–water partition coefficient (Wildman–Crippen LogP) is 4.83. The number of aromatic nitrogens is 1. The summed E-state index contributed by atoms with van der Waals surface area (Å²) in [6, 6.07) is 9.24. The molecule has 1 unspecified atom stereocenters. The first-order chi connectivity index (χ1) is 15.9. The van der Waals surface area contributed by atoms with Crippen LogP contribution in [0.4, 0.5) is 13.2 Å². The molecule has 1 atom stereocenters. The van der Waals surface area contributed by atoms with Crippen LogP contribution in [-0.4, -0.2) is 32.1 Å². The largest absolute Gasteiger partial charge is 0.492 e. The van der Waals surface area contributed by atoms with Crippen molar-refractivity contribution < 1.29 is 35.3 Å². The van der Waals surface area contributed by atoms with Crippen LogP contribution in [0.25, 0.3) is 10.9 Å². The van der Waals surface area contributed by atoms with E-state index in [9.17, 15) is 26.4 Å². The van der Waals surface area contributed by atoms with Gasteiger partial charge in [0.05, 0.1) is 22.6 Å². The van der Waals surface area contributed by atoms with Gasteiger partial charge in [-0.3, -0.25) is 9.78 Å². The van der Waals surface area contributed by atoms with Crippen molar-refractivity contribution >= 4 is 26.9 Å². The van der Waals surface area contributed by atoms with Crippen molar-refractivity contribution in [3.05, 3.63) is 65.4 Å². The van der Waals surface area contributed by atoms with Crippen LogP contribution < -0.4 is 10.5 Å². The number of nitrogens with zero attached hydrogens (tertiary/aromatic N) is 1. The first-order valence-electron chi connectivity index (χ1n) is 10.4. The maximum absolute atomic E-state index is 14.1. The lowest BCUT2D eigenvalue weighted by Crippen LogP contribution is -2.27. The van der Waals surface area contributed by atoms with Gasteiger partial charge in [-0.2, -0.15) is 21.6 Å². The van der Waals surface area contributed by atoms with Gasteiger partial charge in [0.25, 0.3) is 10.1 Å². The molecule has 11 heteroatoms. The Morgan fingerprint density at radius 1 is 1.15 bits per heavy atom. The molecule has 2 aromatic carbocycles. The summed E-state index contributed by atoms with van der Waals surface area (Å²) >= 11 is 0. The highest BCUT2D eigenvalue weighted by Gasteiger charge is 2.47. The number of carbonyl (C=O) groups is 1. The second-order valence-electron chi connectivity index (χ2n) is 7.63. The highest BCUT2D eigenvalue weighted by Crippen LogP contribution is 2.44. The summed E-state index contributed by atoms with van der Waals surface area (Å²) in [5.74, 6) is -0.960. The maximum atomic E-state index is 14.1. The van der Waals surface area contributed by atoms with Gasteiger partial charge >= 0.3 is 6.18 Å². The van der Waals surface area contributed by atoms with Crippen molar-refractivity contribution in [2.75, 3.05) is 6.61 Å². The van der Waals surface area contributed by atoms with Crippen LogP contribution >= 0.6 is 0 Å². The summed E-state index contributed by atoms with van der Waals surface area (Å²) in [6.45, 7) is 3.67. The molecule has 3 rings (SSSR count). The van der Waals surface area contributed by atoms with Crippen LogP contribution in [0.2, 0.25) is 0 Å². The van der Waals surface area contributed by atoms with Gasteiger partial charge in [-0.05, 0) is 43.7 Å². The van der Waals surface area contributed by atoms with E-state index in [0.29, 0.717) is 12.8 Å². The Bertz CT molecular complexity index is 1290.